The van der Waals surface area contributed by atoms with Gasteiger partial charge in [-0.2, -0.15) is 0 Å². The van der Waals surface area contributed by atoms with Gasteiger partial charge in [0, 0.05) is 43.3 Å². The van der Waals surface area contributed by atoms with Crippen LogP contribution in [0, 0.1) is 5.82 Å². The molecule has 0 amide bonds. The summed E-state index contributed by atoms with van der Waals surface area (Å²) in [4.78, 5) is 4.70. The maximum atomic E-state index is 13.3. The highest BCUT2D eigenvalue weighted by molar-refractivity contribution is 14.0. The smallest absolute Gasteiger partial charge is 0.191 e. The van der Waals surface area contributed by atoms with Crippen LogP contribution < -0.4 is 10.6 Å². The first-order valence-electron chi connectivity index (χ1n) is 10.1. The van der Waals surface area contributed by atoms with Crippen LogP contribution in [0.25, 0.3) is 0 Å². The third kappa shape index (κ3) is 9.36. The second-order valence-corrected chi connectivity index (χ2v) is 8.07. The molecule has 1 heterocycles. The molecule has 0 spiro atoms. The van der Waals surface area contributed by atoms with Gasteiger partial charge in [-0.05, 0) is 43.9 Å². The highest BCUT2D eigenvalue weighted by Crippen LogP contribution is 2.30. The van der Waals surface area contributed by atoms with Crippen molar-refractivity contribution < 1.29 is 13.9 Å². The minimum atomic E-state index is -0.328. The van der Waals surface area contributed by atoms with E-state index in [1.165, 1.54) is 12.1 Å². The van der Waals surface area contributed by atoms with Crippen LogP contribution in [-0.4, -0.2) is 51.5 Å². The number of nitrogens with one attached hydrogen (secondary N) is 2. The molecule has 5 nitrogen and oxygen atoms in total. The van der Waals surface area contributed by atoms with Crippen molar-refractivity contribution >= 4 is 41.5 Å². The van der Waals surface area contributed by atoms with Crippen LogP contribution in [-0.2, 0) is 14.9 Å². The van der Waals surface area contributed by atoms with E-state index in [-0.39, 0.29) is 35.2 Å². The van der Waals surface area contributed by atoms with Crippen molar-refractivity contribution in [3.05, 3.63) is 34.6 Å². The normalized spacial score (nSPS) is 15.7. The number of ether oxygens (including phenoxy) is 2. The van der Waals surface area contributed by atoms with Crippen LogP contribution in [0.4, 0.5) is 4.39 Å². The number of aliphatic imine (C=N–C) groups is 1. The summed E-state index contributed by atoms with van der Waals surface area (Å²) in [5.74, 6) is 0.436. The Morgan fingerprint density at radius 2 is 2.03 bits per heavy atom. The summed E-state index contributed by atoms with van der Waals surface area (Å²) in [5, 5.41) is 7.04. The minimum Gasteiger partial charge on any atom is -0.381 e. The van der Waals surface area contributed by atoms with Crippen LogP contribution in [0.5, 0.6) is 0 Å². The van der Waals surface area contributed by atoms with E-state index in [0.29, 0.717) is 17.7 Å². The van der Waals surface area contributed by atoms with Crippen LogP contribution in [0.2, 0.25) is 5.02 Å². The fourth-order valence-corrected chi connectivity index (χ4v) is 3.54. The molecule has 166 valence electrons. The average Bonchev–Trinajstić information content (AvgIpc) is 2.66. The van der Waals surface area contributed by atoms with Gasteiger partial charge >= 0.3 is 0 Å². The molecule has 0 radical (unpaired) electrons. The topological polar surface area (TPSA) is 54.9 Å². The van der Waals surface area contributed by atoms with Gasteiger partial charge in [0.2, 0.25) is 0 Å². The van der Waals surface area contributed by atoms with Gasteiger partial charge in [-0.1, -0.05) is 31.5 Å². The van der Waals surface area contributed by atoms with Crippen molar-refractivity contribution in [2.75, 3.05) is 39.5 Å². The molecule has 0 unspecified atom stereocenters. The third-order valence-electron chi connectivity index (χ3n) is 4.77. The number of guanidine groups is 1. The van der Waals surface area contributed by atoms with Gasteiger partial charge in [-0.25, -0.2) is 4.39 Å². The quantitative estimate of drug-likeness (QED) is 0.209. The maximum absolute atomic E-state index is 13.3. The summed E-state index contributed by atoms with van der Waals surface area (Å²) in [6.45, 7) is 10.6. The van der Waals surface area contributed by atoms with Crippen molar-refractivity contribution in [3.8, 4) is 0 Å². The Morgan fingerprint density at radius 1 is 1.31 bits per heavy atom. The van der Waals surface area contributed by atoms with E-state index in [0.717, 1.165) is 63.7 Å². The van der Waals surface area contributed by atoms with E-state index in [2.05, 4.69) is 24.5 Å². The number of hydrogen-bond acceptors (Lipinski definition) is 3. The molecule has 0 saturated carbocycles. The van der Waals surface area contributed by atoms with Crippen molar-refractivity contribution in [3.63, 3.8) is 0 Å². The van der Waals surface area contributed by atoms with Crippen LogP contribution in [0.3, 0.4) is 0 Å². The SMILES string of the molecule is CCNC(=NCC(C)(C)c1ccc(F)cc1Cl)NCCCOC1CCOCC1.I. The molecule has 0 bridgehead atoms. The zero-order valence-electron chi connectivity index (χ0n) is 17.6. The number of halogens is 3. The lowest BCUT2D eigenvalue weighted by atomic mass is 9.84. The van der Waals surface area contributed by atoms with Gasteiger partial charge in [-0.3, -0.25) is 4.99 Å². The lowest BCUT2D eigenvalue weighted by molar-refractivity contribution is -0.0320. The number of benzene rings is 1. The Kier molecular flexibility index (Phi) is 12.4. The molecule has 1 aliphatic rings. The summed E-state index contributed by atoms with van der Waals surface area (Å²) in [6, 6.07) is 4.53. The molecular formula is C21H34ClFIN3O2. The van der Waals surface area contributed by atoms with Gasteiger partial charge in [0.05, 0.1) is 12.6 Å². The molecular weight excluding hydrogens is 508 g/mol. The summed E-state index contributed by atoms with van der Waals surface area (Å²) in [7, 11) is 0. The van der Waals surface area contributed by atoms with Crippen molar-refractivity contribution in [2.24, 2.45) is 4.99 Å². The van der Waals surface area contributed by atoms with Crippen molar-refractivity contribution in [1.82, 2.24) is 10.6 Å². The van der Waals surface area contributed by atoms with Crippen LogP contribution in [0.15, 0.2) is 23.2 Å². The summed E-state index contributed by atoms with van der Waals surface area (Å²) in [6.07, 6.45) is 3.21. The molecule has 1 aromatic carbocycles. The third-order valence-corrected chi connectivity index (χ3v) is 5.09. The number of rotatable bonds is 9. The second kappa shape index (κ2) is 13.6. The van der Waals surface area contributed by atoms with Gasteiger partial charge in [0.1, 0.15) is 5.82 Å². The zero-order chi connectivity index (χ0) is 20.4. The molecule has 0 aromatic heterocycles. The molecule has 8 heteroatoms. The lowest BCUT2D eigenvalue weighted by Gasteiger charge is -2.25. The summed E-state index contributed by atoms with van der Waals surface area (Å²) >= 11 is 6.23. The molecule has 1 saturated heterocycles. The lowest BCUT2D eigenvalue weighted by Crippen LogP contribution is -2.39. The molecule has 1 aromatic rings. The highest BCUT2D eigenvalue weighted by Gasteiger charge is 2.23. The molecule has 0 atom stereocenters. The van der Waals surface area contributed by atoms with Crippen LogP contribution in [0.1, 0.15) is 45.6 Å². The molecule has 2 N–H and O–H groups in total. The first-order valence-corrected chi connectivity index (χ1v) is 10.5. The van der Waals surface area contributed by atoms with E-state index >= 15 is 0 Å². The molecule has 29 heavy (non-hydrogen) atoms. The summed E-state index contributed by atoms with van der Waals surface area (Å²) < 4.78 is 24.6. The molecule has 1 aliphatic heterocycles. The van der Waals surface area contributed by atoms with E-state index in [9.17, 15) is 4.39 Å². The largest absolute Gasteiger partial charge is 0.381 e. The zero-order valence-corrected chi connectivity index (χ0v) is 20.7. The second-order valence-electron chi connectivity index (χ2n) is 7.67. The van der Waals surface area contributed by atoms with E-state index in [1.54, 1.807) is 6.07 Å². The number of hydrogen-bond donors (Lipinski definition) is 2. The molecule has 1 fully saturated rings. The standard InChI is InChI=1S/C21H33ClFN3O2.HI/c1-4-24-20(25-10-5-11-28-17-8-12-27-13-9-17)26-15-21(2,3)18-7-6-16(23)14-19(18)22;/h6-7,14,17H,4-5,8-13,15H2,1-3H3,(H2,24,25,26);1H. The first kappa shape index (κ1) is 26.4. The van der Waals surface area contributed by atoms with Crippen molar-refractivity contribution in [2.45, 2.75) is 51.6 Å². The minimum absolute atomic E-state index is 0. The first-order chi connectivity index (χ1) is 13.4. The fourth-order valence-electron chi connectivity index (χ4n) is 3.11. The van der Waals surface area contributed by atoms with Gasteiger partial charge in [0.15, 0.2) is 5.96 Å². The van der Waals surface area contributed by atoms with Gasteiger partial charge < -0.3 is 20.1 Å². The Labute approximate surface area is 196 Å². The molecule has 0 aliphatic carbocycles. The van der Waals surface area contributed by atoms with E-state index < -0.39 is 0 Å². The maximum Gasteiger partial charge on any atom is 0.191 e. The Bertz CT molecular complexity index is 640. The predicted octanol–water partition coefficient (Wildman–Crippen LogP) is 4.52. The van der Waals surface area contributed by atoms with Gasteiger partial charge in [-0.15, -0.1) is 24.0 Å². The number of nitrogens with zero attached hydrogens (tertiary/aromatic N) is 1. The Hall–Kier alpha value is -0.640. The molecule has 2 rings (SSSR count). The highest BCUT2D eigenvalue weighted by atomic mass is 127. The average molecular weight is 542 g/mol. The fraction of sp³-hybridized carbons (Fsp3) is 0.667. The van der Waals surface area contributed by atoms with Gasteiger partial charge in [0.25, 0.3) is 0 Å². The monoisotopic (exact) mass is 541 g/mol. The van der Waals surface area contributed by atoms with E-state index in [1.807, 2.05) is 6.92 Å². The predicted molar refractivity (Wildman–Crippen MR) is 128 cm³/mol. The summed E-state index contributed by atoms with van der Waals surface area (Å²) in [5.41, 5.74) is 0.583. The van der Waals surface area contributed by atoms with E-state index in [4.69, 9.17) is 26.1 Å². The van der Waals surface area contributed by atoms with Crippen LogP contribution >= 0.6 is 35.6 Å². The van der Waals surface area contributed by atoms with Crippen molar-refractivity contribution in [1.29, 1.82) is 0 Å². The Morgan fingerprint density at radius 3 is 2.69 bits per heavy atom. The Balaban J connectivity index is 0.00000420.